The maximum Gasteiger partial charge on any atom is 0.239 e. The second-order valence-corrected chi connectivity index (χ2v) is 4.31. The van der Waals surface area contributed by atoms with Gasteiger partial charge in [0.05, 0.1) is 6.54 Å². The minimum Gasteiger partial charge on any atom is -0.381 e. The molecule has 0 bridgehead atoms. The van der Waals surface area contributed by atoms with Crippen LogP contribution in [-0.2, 0) is 14.3 Å². The van der Waals surface area contributed by atoms with Crippen LogP contribution < -0.4 is 10.6 Å². The third-order valence-corrected chi connectivity index (χ3v) is 2.87. The van der Waals surface area contributed by atoms with Crippen molar-refractivity contribution in [3.8, 4) is 0 Å². The number of hydrogen-bond donors (Lipinski definition) is 2. The highest BCUT2D eigenvalue weighted by Crippen LogP contribution is 2.14. The molecule has 17 heavy (non-hydrogen) atoms. The van der Waals surface area contributed by atoms with Gasteiger partial charge < -0.3 is 15.4 Å². The second-order valence-electron chi connectivity index (χ2n) is 4.31. The number of amides is 2. The summed E-state index contributed by atoms with van der Waals surface area (Å²) < 4.78 is 5.18. The van der Waals surface area contributed by atoms with E-state index in [-0.39, 0.29) is 24.3 Å². The Balaban J connectivity index is 2.11. The van der Waals surface area contributed by atoms with Gasteiger partial charge in [0, 0.05) is 25.7 Å². The fourth-order valence-corrected chi connectivity index (χ4v) is 1.74. The normalized spacial score (nSPS) is 16.5. The molecule has 1 rings (SSSR count). The molecule has 1 aliphatic heterocycles. The van der Waals surface area contributed by atoms with Gasteiger partial charge in [-0.05, 0) is 19.3 Å². The molecule has 5 heteroatoms. The third kappa shape index (κ3) is 5.68. The van der Waals surface area contributed by atoms with E-state index in [0.717, 1.165) is 25.7 Å². The molecule has 98 valence electrons. The summed E-state index contributed by atoms with van der Waals surface area (Å²) in [6.45, 7) is 4.11. The smallest absolute Gasteiger partial charge is 0.239 e. The first-order valence-corrected chi connectivity index (χ1v) is 6.36. The minimum absolute atomic E-state index is 0.00666. The number of ether oxygens (including phenoxy) is 1. The summed E-state index contributed by atoms with van der Waals surface area (Å²) in [5.41, 5.74) is 0. The number of rotatable bonds is 6. The minimum atomic E-state index is -0.112. The van der Waals surface area contributed by atoms with Gasteiger partial charge in [0.2, 0.25) is 11.8 Å². The van der Waals surface area contributed by atoms with Gasteiger partial charge in [-0.15, -0.1) is 0 Å². The summed E-state index contributed by atoms with van der Waals surface area (Å²) in [6.07, 6.45) is 3.53. The first kappa shape index (κ1) is 14.0. The lowest BCUT2D eigenvalue weighted by molar-refractivity contribution is -0.130. The Bertz CT molecular complexity index is 250. The molecule has 0 spiro atoms. The first-order chi connectivity index (χ1) is 8.24. The fraction of sp³-hybridized carbons (Fsp3) is 0.833. The van der Waals surface area contributed by atoms with E-state index < -0.39 is 0 Å². The van der Waals surface area contributed by atoms with Crippen LogP contribution in [-0.4, -0.2) is 38.1 Å². The van der Waals surface area contributed by atoms with Crippen molar-refractivity contribution in [3.05, 3.63) is 0 Å². The molecule has 1 saturated heterocycles. The van der Waals surface area contributed by atoms with Crippen LogP contribution in [0.15, 0.2) is 0 Å². The van der Waals surface area contributed by atoms with E-state index in [1.165, 1.54) is 0 Å². The molecule has 0 aromatic carbocycles. The van der Waals surface area contributed by atoms with Crippen LogP contribution in [0.25, 0.3) is 0 Å². The first-order valence-electron chi connectivity index (χ1n) is 6.36. The lowest BCUT2D eigenvalue weighted by Gasteiger charge is -2.21. The predicted octanol–water partition coefficient (Wildman–Crippen LogP) is 0.445. The molecular weight excluding hydrogens is 220 g/mol. The summed E-state index contributed by atoms with van der Waals surface area (Å²) in [6, 6.07) is 0. The van der Waals surface area contributed by atoms with Crippen LogP contribution in [0.5, 0.6) is 0 Å². The third-order valence-electron chi connectivity index (χ3n) is 2.87. The van der Waals surface area contributed by atoms with Crippen molar-refractivity contribution < 1.29 is 14.3 Å². The van der Waals surface area contributed by atoms with Crippen LogP contribution in [0.4, 0.5) is 0 Å². The topological polar surface area (TPSA) is 67.4 Å². The molecule has 0 saturated carbocycles. The SMILES string of the molecule is CCCCNC(=O)CNC(=O)C1CCOCC1. The summed E-state index contributed by atoms with van der Waals surface area (Å²) in [5, 5.41) is 5.44. The van der Waals surface area contributed by atoms with Gasteiger partial charge in [0.15, 0.2) is 0 Å². The van der Waals surface area contributed by atoms with Crippen LogP contribution in [0.2, 0.25) is 0 Å². The van der Waals surface area contributed by atoms with Crippen molar-refractivity contribution in [2.75, 3.05) is 26.3 Å². The molecule has 0 atom stereocenters. The Labute approximate surface area is 102 Å². The Morgan fingerprint density at radius 3 is 2.59 bits per heavy atom. The summed E-state index contributed by atoms with van der Waals surface area (Å²) in [5.74, 6) is -0.134. The molecule has 1 heterocycles. The van der Waals surface area contributed by atoms with E-state index in [4.69, 9.17) is 4.74 Å². The van der Waals surface area contributed by atoms with Gasteiger partial charge >= 0.3 is 0 Å². The van der Waals surface area contributed by atoms with Gasteiger partial charge in [-0.3, -0.25) is 9.59 Å². The highest BCUT2D eigenvalue weighted by Gasteiger charge is 2.21. The molecule has 1 aliphatic rings. The molecular formula is C12H22N2O3. The van der Waals surface area contributed by atoms with E-state index in [1.54, 1.807) is 0 Å². The van der Waals surface area contributed by atoms with Crippen LogP contribution >= 0.6 is 0 Å². The number of unbranched alkanes of at least 4 members (excludes halogenated alkanes) is 1. The number of carbonyl (C=O) groups excluding carboxylic acids is 2. The number of nitrogens with one attached hydrogen (secondary N) is 2. The largest absolute Gasteiger partial charge is 0.381 e. The van der Waals surface area contributed by atoms with Crippen molar-refractivity contribution >= 4 is 11.8 Å². The fourth-order valence-electron chi connectivity index (χ4n) is 1.74. The van der Waals surface area contributed by atoms with Gasteiger partial charge in [-0.2, -0.15) is 0 Å². The highest BCUT2D eigenvalue weighted by atomic mass is 16.5. The van der Waals surface area contributed by atoms with Crippen LogP contribution in [0.1, 0.15) is 32.6 Å². The van der Waals surface area contributed by atoms with Crippen LogP contribution in [0.3, 0.4) is 0 Å². The lowest BCUT2D eigenvalue weighted by atomic mass is 9.99. The quantitative estimate of drug-likeness (QED) is 0.664. The van der Waals surface area contributed by atoms with Gasteiger partial charge in [-0.1, -0.05) is 13.3 Å². The molecule has 0 unspecified atom stereocenters. The Kier molecular flexibility index (Phi) is 6.62. The van der Waals surface area contributed by atoms with Crippen molar-refractivity contribution in [1.29, 1.82) is 0 Å². The highest BCUT2D eigenvalue weighted by molar-refractivity contribution is 5.85. The lowest BCUT2D eigenvalue weighted by Crippen LogP contribution is -2.41. The molecule has 0 aromatic heterocycles. The van der Waals surface area contributed by atoms with Crippen molar-refractivity contribution in [2.45, 2.75) is 32.6 Å². The van der Waals surface area contributed by atoms with E-state index in [0.29, 0.717) is 19.8 Å². The Morgan fingerprint density at radius 2 is 1.94 bits per heavy atom. The maximum absolute atomic E-state index is 11.7. The maximum atomic E-state index is 11.7. The molecule has 2 amide bonds. The summed E-state index contributed by atoms with van der Waals surface area (Å²) in [4.78, 5) is 23.0. The molecule has 0 aromatic rings. The van der Waals surface area contributed by atoms with E-state index >= 15 is 0 Å². The summed E-state index contributed by atoms with van der Waals surface area (Å²) in [7, 11) is 0. The van der Waals surface area contributed by atoms with E-state index in [2.05, 4.69) is 17.6 Å². The molecule has 1 fully saturated rings. The molecule has 0 aliphatic carbocycles. The monoisotopic (exact) mass is 242 g/mol. The summed E-state index contributed by atoms with van der Waals surface area (Å²) >= 11 is 0. The number of hydrogen-bond acceptors (Lipinski definition) is 3. The van der Waals surface area contributed by atoms with Crippen molar-refractivity contribution in [3.63, 3.8) is 0 Å². The average Bonchev–Trinajstić information content (AvgIpc) is 2.37. The Hall–Kier alpha value is -1.10. The van der Waals surface area contributed by atoms with E-state index in [9.17, 15) is 9.59 Å². The van der Waals surface area contributed by atoms with Crippen molar-refractivity contribution in [2.24, 2.45) is 5.92 Å². The zero-order valence-corrected chi connectivity index (χ0v) is 10.5. The number of carbonyl (C=O) groups is 2. The van der Waals surface area contributed by atoms with E-state index in [1.807, 2.05) is 0 Å². The Morgan fingerprint density at radius 1 is 1.24 bits per heavy atom. The van der Waals surface area contributed by atoms with Crippen LogP contribution in [0, 0.1) is 5.92 Å². The van der Waals surface area contributed by atoms with Gasteiger partial charge in [0.25, 0.3) is 0 Å². The molecule has 2 N–H and O–H groups in total. The average molecular weight is 242 g/mol. The second kappa shape index (κ2) is 8.06. The van der Waals surface area contributed by atoms with Gasteiger partial charge in [0.1, 0.15) is 0 Å². The molecule has 5 nitrogen and oxygen atoms in total. The van der Waals surface area contributed by atoms with Crippen molar-refractivity contribution in [1.82, 2.24) is 10.6 Å². The zero-order chi connectivity index (χ0) is 12.5. The predicted molar refractivity (Wildman–Crippen MR) is 64.5 cm³/mol. The molecule has 0 radical (unpaired) electrons. The standard InChI is InChI=1S/C12H22N2O3/c1-2-3-6-13-11(15)9-14-12(16)10-4-7-17-8-5-10/h10H,2-9H2,1H3,(H,13,15)(H,14,16). The zero-order valence-electron chi connectivity index (χ0n) is 10.5. The van der Waals surface area contributed by atoms with Gasteiger partial charge in [-0.25, -0.2) is 0 Å².